The molecule has 158 valence electrons. The summed E-state index contributed by atoms with van der Waals surface area (Å²) in [4.78, 5) is 27.5. The second kappa shape index (κ2) is 9.49. The molecule has 0 radical (unpaired) electrons. The van der Waals surface area contributed by atoms with Crippen LogP contribution in [0.3, 0.4) is 0 Å². The summed E-state index contributed by atoms with van der Waals surface area (Å²) in [7, 11) is 0. The van der Waals surface area contributed by atoms with Gasteiger partial charge in [0.15, 0.2) is 0 Å². The van der Waals surface area contributed by atoms with E-state index in [0.29, 0.717) is 29.7 Å². The van der Waals surface area contributed by atoms with Crippen molar-refractivity contribution in [2.75, 3.05) is 13.1 Å². The van der Waals surface area contributed by atoms with Gasteiger partial charge in [-0.15, -0.1) is 0 Å². The van der Waals surface area contributed by atoms with Crippen LogP contribution in [0.4, 0.5) is 10.1 Å². The highest BCUT2D eigenvalue weighted by Crippen LogP contribution is 2.26. The van der Waals surface area contributed by atoms with Gasteiger partial charge < -0.3 is 4.90 Å². The Morgan fingerprint density at radius 2 is 1.90 bits per heavy atom. The van der Waals surface area contributed by atoms with Crippen molar-refractivity contribution in [2.24, 2.45) is 0 Å². The summed E-state index contributed by atoms with van der Waals surface area (Å²) in [5.41, 5.74) is 1.59. The molecule has 2 aromatic carbocycles. The third kappa shape index (κ3) is 5.31. The number of nitro groups is 1. The number of hydrogen-bond donors (Lipinski definition) is 0. The minimum Gasteiger partial charge on any atom is -0.334 e. The van der Waals surface area contributed by atoms with E-state index in [1.807, 2.05) is 11.8 Å². The van der Waals surface area contributed by atoms with E-state index in [1.54, 1.807) is 30.3 Å². The van der Waals surface area contributed by atoms with Crippen molar-refractivity contribution in [1.29, 1.82) is 0 Å². The van der Waals surface area contributed by atoms with Gasteiger partial charge in [0.2, 0.25) is 5.91 Å². The van der Waals surface area contributed by atoms with E-state index in [-0.39, 0.29) is 29.5 Å². The maximum absolute atomic E-state index is 13.1. The molecule has 0 aromatic heterocycles. The average Bonchev–Trinajstić information content (AvgIpc) is 2.71. The standard InChI is InChI=1S/C22H23BrFN3O3/c1-15-13-26(16(2)12-25(15)14-18-3-7-19(24)8-4-18)22(28)10-6-17-5-9-20(23)21(11-17)27(29)30/h3-11,15-16H,12-14H2,1-2H3/t15-,16+/m1/s1. The van der Waals surface area contributed by atoms with E-state index < -0.39 is 4.92 Å². The summed E-state index contributed by atoms with van der Waals surface area (Å²) in [5, 5.41) is 11.1. The van der Waals surface area contributed by atoms with Gasteiger partial charge in [0.05, 0.1) is 9.40 Å². The quantitative estimate of drug-likeness (QED) is 0.359. The highest BCUT2D eigenvalue weighted by atomic mass is 79.9. The fourth-order valence-corrected chi connectivity index (χ4v) is 3.98. The Morgan fingerprint density at radius 3 is 2.57 bits per heavy atom. The zero-order chi connectivity index (χ0) is 21.8. The Morgan fingerprint density at radius 1 is 1.20 bits per heavy atom. The van der Waals surface area contributed by atoms with Gasteiger partial charge in [-0.25, -0.2) is 4.39 Å². The summed E-state index contributed by atoms with van der Waals surface area (Å²) in [5.74, 6) is -0.375. The molecule has 1 fully saturated rings. The zero-order valence-electron chi connectivity index (χ0n) is 16.8. The third-order valence-electron chi connectivity index (χ3n) is 5.28. The molecule has 1 aliphatic heterocycles. The highest BCUT2D eigenvalue weighted by Gasteiger charge is 2.31. The van der Waals surface area contributed by atoms with Crippen molar-refractivity contribution in [3.8, 4) is 0 Å². The van der Waals surface area contributed by atoms with Gasteiger partial charge in [-0.1, -0.05) is 18.2 Å². The molecule has 1 aliphatic rings. The highest BCUT2D eigenvalue weighted by molar-refractivity contribution is 9.10. The molecule has 8 heteroatoms. The number of carbonyl (C=O) groups is 1. The fourth-order valence-electron chi connectivity index (χ4n) is 3.59. The molecule has 0 saturated carbocycles. The van der Waals surface area contributed by atoms with Gasteiger partial charge in [-0.3, -0.25) is 19.8 Å². The normalized spacial score (nSPS) is 19.9. The lowest BCUT2D eigenvalue weighted by Crippen LogP contribution is -2.57. The summed E-state index contributed by atoms with van der Waals surface area (Å²) < 4.78 is 13.5. The summed E-state index contributed by atoms with van der Waals surface area (Å²) in [6, 6.07) is 11.4. The number of piperazine rings is 1. The first-order chi connectivity index (χ1) is 14.2. The fraction of sp³-hybridized carbons (Fsp3) is 0.318. The predicted molar refractivity (Wildman–Crippen MR) is 117 cm³/mol. The summed E-state index contributed by atoms with van der Waals surface area (Å²) in [6.45, 7) is 6.05. The van der Waals surface area contributed by atoms with Crippen molar-refractivity contribution in [3.05, 3.63) is 80.1 Å². The SMILES string of the molecule is C[C@@H]1CN(C(=O)C=Cc2ccc(Br)c([N+](=O)[O-])c2)[C@@H](C)CN1Cc1ccc(F)cc1. The first-order valence-corrected chi connectivity index (χ1v) is 10.4. The van der Waals surface area contributed by atoms with Crippen molar-refractivity contribution in [1.82, 2.24) is 9.80 Å². The van der Waals surface area contributed by atoms with Crippen LogP contribution < -0.4 is 0 Å². The molecular weight excluding hydrogens is 453 g/mol. The molecule has 0 bridgehead atoms. The number of halogens is 2. The molecule has 2 aromatic rings. The molecular formula is C22H23BrFN3O3. The molecule has 0 unspecified atom stereocenters. The number of nitrogens with zero attached hydrogens (tertiary/aromatic N) is 3. The molecule has 30 heavy (non-hydrogen) atoms. The first kappa shape index (κ1) is 22.1. The van der Waals surface area contributed by atoms with E-state index in [4.69, 9.17) is 0 Å². The van der Waals surface area contributed by atoms with E-state index in [9.17, 15) is 19.3 Å². The van der Waals surface area contributed by atoms with Crippen LogP contribution in [0.25, 0.3) is 6.08 Å². The van der Waals surface area contributed by atoms with Crippen molar-refractivity contribution >= 4 is 33.6 Å². The predicted octanol–water partition coefficient (Wildman–Crippen LogP) is 4.63. The number of rotatable bonds is 5. The molecule has 1 amide bonds. The van der Waals surface area contributed by atoms with E-state index in [1.165, 1.54) is 24.3 Å². The van der Waals surface area contributed by atoms with Crippen molar-refractivity contribution in [2.45, 2.75) is 32.5 Å². The van der Waals surface area contributed by atoms with Gasteiger partial charge in [0.1, 0.15) is 5.82 Å². The molecule has 0 spiro atoms. The van der Waals surface area contributed by atoms with Gasteiger partial charge in [-0.2, -0.15) is 0 Å². The molecule has 3 rings (SSSR count). The van der Waals surface area contributed by atoms with Crippen LogP contribution in [-0.2, 0) is 11.3 Å². The Labute approximate surface area is 183 Å². The lowest BCUT2D eigenvalue weighted by molar-refractivity contribution is -0.385. The number of nitro benzene ring substituents is 1. The van der Waals surface area contributed by atoms with Crippen LogP contribution in [0.15, 0.2) is 53.0 Å². The lowest BCUT2D eigenvalue weighted by Gasteiger charge is -2.44. The maximum atomic E-state index is 13.1. The Kier molecular flexibility index (Phi) is 6.99. The lowest BCUT2D eigenvalue weighted by atomic mass is 10.1. The maximum Gasteiger partial charge on any atom is 0.284 e. The zero-order valence-corrected chi connectivity index (χ0v) is 18.4. The molecule has 6 nitrogen and oxygen atoms in total. The molecule has 2 atom stereocenters. The third-order valence-corrected chi connectivity index (χ3v) is 5.95. The summed E-state index contributed by atoms with van der Waals surface area (Å²) in [6.07, 6.45) is 3.07. The van der Waals surface area contributed by atoms with Crippen molar-refractivity contribution < 1.29 is 14.1 Å². The first-order valence-electron chi connectivity index (χ1n) is 9.65. The van der Waals surface area contributed by atoms with Crippen LogP contribution in [0, 0.1) is 15.9 Å². The van der Waals surface area contributed by atoms with E-state index in [0.717, 1.165) is 5.56 Å². The summed E-state index contributed by atoms with van der Waals surface area (Å²) >= 11 is 3.16. The number of carbonyl (C=O) groups excluding carboxylic acids is 1. The molecule has 0 aliphatic carbocycles. The molecule has 0 N–H and O–H groups in total. The Hall–Kier alpha value is -2.58. The van der Waals surface area contributed by atoms with E-state index >= 15 is 0 Å². The van der Waals surface area contributed by atoms with Gasteiger partial charge >= 0.3 is 0 Å². The van der Waals surface area contributed by atoms with Gasteiger partial charge in [0, 0.05) is 43.9 Å². The van der Waals surface area contributed by atoms with E-state index in [2.05, 4.69) is 27.8 Å². The second-order valence-corrected chi connectivity index (χ2v) is 8.40. The van der Waals surface area contributed by atoms with Crippen LogP contribution in [0.1, 0.15) is 25.0 Å². The van der Waals surface area contributed by atoms with Crippen LogP contribution in [0.2, 0.25) is 0 Å². The molecule has 1 heterocycles. The number of hydrogen-bond acceptors (Lipinski definition) is 4. The minimum absolute atomic E-state index is 0.0121. The number of benzene rings is 2. The van der Waals surface area contributed by atoms with Crippen LogP contribution >= 0.6 is 15.9 Å². The molecule has 1 saturated heterocycles. The Bertz CT molecular complexity index is 965. The Balaban J connectivity index is 1.65. The second-order valence-electron chi connectivity index (χ2n) is 7.55. The van der Waals surface area contributed by atoms with Gasteiger partial charge in [-0.05, 0) is 65.2 Å². The minimum atomic E-state index is -0.465. The van der Waals surface area contributed by atoms with Crippen LogP contribution in [0.5, 0.6) is 0 Å². The van der Waals surface area contributed by atoms with Gasteiger partial charge in [0.25, 0.3) is 5.69 Å². The smallest absolute Gasteiger partial charge is 0.284 e. The van der Waals surface area contributed by atoms with Crippen molar-refractivity contribution in [3.63, 3.8) is 0 Å². The topological polar surface area (TPSA) is 66.7 Å². The largest absolute Gasteiger partial charge is 0.334 e. The monoisotopic (exact) mass is 475 g/mol. The average molecular weight is 476 g/mol. The van der Waals surface area contributed by atoms with Crippen LogP contribution in [-0.4, -0.2) is 45.8 Å². The number of amides is 1.